The maximum Gasteiger partial charge on any atom is 0.418 e. The van der Waals surface area contributed by atoms with Gasteiger partial charge in [-0.1, -0.05) is 18.2 Å². The SMILES string of the molecule is N#Cc1cccc(C(=O)NC(c2ccc(C(F)(F)F)cc2)c2ncccc2C(F)(F)F)c1. The number of carbonyl (C=O) groups is 1. The van der Waals surface area contributed by atoms with Gasteiger partial charge in [-0.15, -0.1) is 0 Å². The number of pyridine rings is 1. The van der Waals surface area contributed by atoms with E-state index < -0.39 is 41.1 Å². The minimum absolute atomic E-state index is 0.00884. The molecule has 0 spiro atoms. The van der Waals surface area contributed by atoms with Crippen molar-refractivity contribution in [1.29, 1.82) is 5.26 Å². The summed E-state index contributed by atoms with van der Waals surface area (Å²) in [7, 11) is 0. The lowest BCUT2D eigenvalue weighted by atomic mass is 9.97. The molecule has 2 aromatic carbocycles. The zero-order chi connectivity index (χ0) is 23.5. The number of aromatic nitrogens is 1. The standard InChI is InChI=1S/C22H13F6N3O/c23-21(24,25)16-8-6-14(7-9-16)18(19-17(22(26,27)28)5-2-10-30-19)31-20(32)15-4-1-3-13(11-15)12-29/h1-11,18H,(H,31,32). The first kappa shape index (κ1) is 22.8. The van der Waals surface area contributed by atoms with Crippen LogP contribution in [-0.2, 0) is 12.4 Å². The Morgan fingerprint density at radius 2 is 1.62 bits per heavy atom. The Labute approximate surface area is 178 Å². The van der Waals surface area contributed by atoms with Gasteiger partial charge in [0.15, 0.2) is 0 Å². The van der Waals surface area contributed by atoms with Gasteiger partial charge in [-0.05, 0) is 48.0 Å². The zero-order valence-electron chi connectivity index (χ0n) is 16.0. The largest absolute Gasteiger partial charge is 0.418 e. The third-order valence-corrected chi connectivity index (χ3v) is 4.52. The highest BCUT2D eigenvalue weighted by molar-refractivity contribution is 5.95. The summed E-state index contributed by atoms with van der Waals surface area (Å²) in [4.78, 5) is 16.5. The quantitative estimate of drug-likeness (QED) is 0.534. The molecule has 0 radical (unpaired) electrons. The van der Waals surface area contributed by atoms with E-state index in [0.29, 0.717) is 12.1 Å². The number of nitrogens with one attached hydrogen (secondary N) is 1. The summed E-state index contributed by atoms with van der Waals surface area (Å²) >= 11 is 0. The first-order chi connectivity index (χ1) is 15.0. The second-order valence-electron chi connectivity index (χ2n) is 6.65. The minimum atomic E-state index is -4.82. The molecule has 1 amide bonds. The van der Waals surface area contributed by atoms with Gasteiger partial charge in [0.1, 0.15) is 0 Å². The molecule has 0 bridgehead atoms. The molecule has 1 heterocycles. The van der Waals surface area contributed by atoms with E-state index in [9.17, 15) is 31.1 Å². The summed E-state index contributed by atoms with van der Waals surface area (Å²) in [5.41, 5.74) is -2.61. The molecule has 3 aromatic rings. The Morgan fingerprint density at radius 3 is 2.22 bits per heavy atom. The predicted molar refractivity (Wildman–Crippen MR) is 101 cm³/mol. The average Bonchev–Trinajstić information content (AvgIpc) is 2.76. The van der Waals surface area contributed by atoms with E-state index in [2.05, 4.69) is 10.3 Å². The molecule has 3 rings (SSSR count). The Hall–Kier alpha value is -3.87. The highest BCUT2D eigenvalue weighted by Gasteiger charge is 2.37. The molecule has 10 heteroatoms. The fraction of sp³-hybridized carbons (Fsp3) is 0.136. The molecule has 0 saturated heterocycles. The van der Waals surface area contributed by atoms with Crippen molar-refractivity contribution in [1.82, 2.24) is 10.3 Å². The number of hydrogen-bond donors (Lipinski definition) is 1. The Kier molecular flexibility index (Phi) is 6.20. The lowest BCUT2D eigenvalue weighted by Crippen LogP contribution is -2.31. The summed E-state index contributed by atoms with van der Waals surface area (Å²) < 4.78 is 79.4. The van der Waals surface area contributed by atoms with Crippen LogP contribution in [0.25, 0.3) is 0 Å². The van der Waals surface area contributed by atoms with Gasteiger partial charge in [0.2, 0.25) is 0 Å². The van der Waals surface area contributed by atoms with Crippen LogP contribution in [0.4, 0.5) is 26.3 Å². The highest BCUT2D eigenvalue weighted by atomic mass is 19.4. The number of halogens is 6. The van der Waals surface area contributed by atoms with Crippen LogP contribution >= 0.6 is 0 Å². The number of rotatable bonds is 4. The van der Waals surface area contributed by atoms with Crippen molar-refractivity contribution in [3.63, 3.8) is 0 Å². The van der Waals surface area contributed by atoms with Crippen LogP contribution in [0.3, 0.4) is 0 Å². The van der Waals surface area contributed by atoms with Crippen LogP contribution in [0, 0.1) is 11.3 Å². The second kappa shape index (κ2) is 8.70. The molecule has 4 nitrogen and oxygen atoms in total. The molecule has 1 unspecified atom stereocenters. The van der Waals surface area contributed by atoms with Gasteiger partial charge in [-0.3, -0.25) is 9.78 Å². The van der Waals surface area contributed by atoms with Gasteiger partial charge in [0.25, 0.3) is 5.91 Å². The third-order valence-electron chi connectivity index (χ3n) is 4.52. The van der Waals surface area contributed by atoms with Crippen molar-refractivity contribution in [3.8, 4) is 6.07 Å². The Morgan fingerprint density at radius 1 is 0.938 bits per heavy atom. The third kappa shape index (κ3) is 5.06. The Bertz CT molecular complexity index is 1160. The van der Waals surface area contributed by atoms with Crippen LogP contribution in [0.15, 0.2) is 66.9 Å². The van der Waals surface area contributed by atoms with E-state index in [-0.39, 0.29) is 16.7 Å². The maximum absolute atomic E-state index is 13.6. The summed E-state index contributed by atoms with van der Waals surface area (Å²) in [6, 6.07) is 11.0. The van der Waals surface area contributed by atoms with E-state index in [1.54, 1.807) is 0 Å². The van der Waals surface area contributed by atoms with Gasteiger partial charge in [-0.2, -0.15) is 31.6 Å². The fourth-order valence-electron chi connectivity index (χ4n) is 3.01. The molecule has 0 fully saturated rings. The summed E-state index contributed by atoms with van der Waals surface area (Å²) in [6.07, 6.45) is -8.37. The van der Waals surface area contributed by atoms with Gasteiger partial charge in [0.05, 0.1) is 34.5 Å². The lowest BCUT2D eigenvalue weighted by molar-refractivity contribution is -0.139. The first-order valence-corrected chi connectivity index (χ1v) is 9.01. The molecular formula is C22H13F6N3O. The molecule has 164 valence electrons. The van der Waals surface area contributed by atoms with Gasteiger partial charge >= 0.3 is 12.4 Å². The first-order valence-electron chi connectivity index (χ1n) is 9.01. The van der Waals surface area contributed by atoms with Crippen molar-refractivity contribution < 1.29 is 31.1 Å². The van der Waals surface area contributed by atoms with Gasteiger partial charge in [0, 0.05) is 11.8 Å². The average molecular weight is 449 g/mol. The molecule has 0 aliphatic carbocycles. The lowest BCUT2D eigenvalue weighted by Gasteiger charge is -2.23. The van der Waals surface area contributed by atoms with Crippen LogP contribution in [-0.4, -0.2) is 10.9 Å². The van der Waals surface area contributed by atoms with Crippen molar-refractivity contribution >= 4 is 5.91 Å². The number of alkyl halides is 6. The van der Waals surface area contributed by atoms with Gasteiger partial charge in [-0.25, -0.2) is 0 Å². The van der Waals surface area contributed by atoms with E-state index in [0.717, 1.165) is 30.5 Å². The van der Waals surface area contributed by atoms with E-state index in [4.69, 9.17) is 5.26 Å². The normalized spacial score (nSPS) is 12.7. The molecule has 0 aliphatic rings. The highest BCUT2D eigenvalue weighted by Crippen LogP contribution is 2.36. The van der Waals surface area contributed by atoms with Crippen molar-refractivity contribution in [2.75, 3.05) is 0 Å². The van der Waals surface area contributed by atoms with E-state index >= 15 is 0 Å². The topological polar surface area (TPSA) is 65.8 Å². The summed E-state index contributed by atoms with van der Waals surface area (Å²) in [5, 5.41) is 11.4. The summed E-state index contributed by atoms with van der Waals surface area (Å²) in [5.74, 6) is -0.828. The molecule has 1 aromatic heterocycles. The number of nitrogens with zero attached hydrogens (tertiary/aromatic N) is 2. The number of hydrogen-bond acceptors (Lipinski definition) is 3. The van der Waals surface area contributed by atoms with Crippen LogP contribution in [0.2, 0.25) is 0 Å². The monoisotopic (exact) mass is 449 g/mol. The predicted octanol–water partition coefficient (Wildman–Crippen LogP) is 5.51. The number of nitriles is 1. The molecule has 1 N–H and O–H groups in total. The second-order valence-corrected chi connectivity index (χ2v) is 6.65. The number of amides is 1. The van der Waals surface area contributed by atoms with Crippen molar-refractivity contribution in [2.24, 2.45) is 0 Å². The molecule has 32 heavy (non-hydrogen) atoms. The van der Waals surface area contributed by atoms with Crippen LogP contribution in [0.1, 0.15) is 44.3 Å². The zero-order valence-corrected chi connectivity index (χ0v) is 16.0. The summed E-state index contributed by atoms with van der Waals surface area (Å²) in [6.45, 7) is 0. The molecule has 1 atom stereocenters. The fourth-order valence-corrected chi connectivity index (χ4v) is 3.01. The van der Waals surface area contributed by atoms with Crippen LogP contribution < -0.4 is 5.32 Å². The van der Waals surface area contributed by atoms with E-state index in [1.165, 1.54) is 24.3 Å². The van der Waals surface area contributed by atoms with Crippen LogP contribution in [0.5, 0.6) is 0 Å². The molecular weight excluding hydrogens is 436 g/mol. The van der Waals surface area contributed by atoms with Crippen molar-refractivity contribution in [2.45, 2.75) is 18.4 Å². The molecule has 0 saturated carbocycles. The Balaban J connectivity index is 2.08. The molecule has 0 aliphatic heterocycles. The van der Waals surface area contributed by atoms with E-state index in [1.807, 2.05) is 6.07 Å². The van der Waals surface area contributed by atoms with Gasteiger partial charge < -0.3 is 5.32 Å². The minimum Gasteiger partial charge on any atom is -0.340 e. The number of benzene rings is 2. The maximum atomic E-state index is 13.6. The smallest absolute Gasteiger partial charge is 0.340 e. The number of carbonyl (C=O) groups excluding carboxylic acids is 1. The van der Waals surface area contributed by atoms with Crippen molar-refractivity contribution in [3.05, 3.63) is 100 Å².